The molecular weight excluding hydrogens is 240 g/mol. The van der Waals surface area contributed by atoms with E-state index in [9.17, 15) is 4.79 Å². The van der Waals surface area contributed by atoms with Crippen LogP contribution in [0.2, 0.25) is 0 Å². The molecule has 1 aliphatic heterocycles. The highest BCUT2D eigenvalue weighted by molar-refractivity contribution is 5.96. The fourth-order valence-electron chi connectivity index (χ4n) is 2.84. The van der Waals surface area contributed by atoms with Gasteiger partial charge in [-0.1, -0.05) is 0 Å². The lowest BCUT2D eigenvalue weighted by molar-refractivity contribution is 0.0919. The lowest BCUT2D eigenvalue weighted by Gasteiger charge is -2.28. The zero-order valence-corrected chi connectivity index (χ0v) is 12.3. The minimum Gasteiger partial charge on any atom is -0.349 e. The Kier molecular flexibility index (Phi) is 4.24. The summed E-state index contributed by atoms with van der Waals surface area (Å²) < 4.78 is 1.76. The second-order valence-electron chi connectivity index (χ2n) is 5.52. The number of nitrogens with zero attached hydrogens (tertiary/aromatic N) is 2. The minimum absolute atomic E-state index is 0.00846. The van der Waals surface area contributed by atoms with E-state index in [0.717, 1.165) is 42.9 Å². The molecule has 0 saturated carbocycles. The third-order valence-corrected chi connectivity index (χ3v) is 4.19. The maximum Gasteiger partial charge on any atom is 0.255 e. The van der Waals surface area contributed by atoms with Crippen LogP contribution in [-0.4, -0.2) is 34.8 Å². The van der Waals surface area contributed by atoms with Crippen molar-refractivity contribution in [2.75, 3.05) is 13.1 Å². The summed E-state index contributed by atoms with van der Waals surface area (Å²) in [5.41, 5.74) is 2.45. The van der Waals surface area contributed by atoms with Gasteiger partial charge in [-0.05, 0) is 52.6 Å². The first kappa shape index (κ1) is 14.1. The molecule has 19 heavy (non-hydrogen) atoms. The van der Waals surface area contributed by atoms with Crippen molar-refractivity contribution in [3.8, 4) is 0 Å². The molecule has 0 bridgehead atoms. The zero-order valence-electron chi connectivity index (χ0n) is 12.3. The van der Waals surface area contributed by atoms with E-state index in [1.807, 2.05) is 20.9 Å². The molecule has 1 aromatic rings. The zero-order chi connectivity index (χ0) is 14.0. The number of carbonyl (C=O) groups excluding carboxylic acids is 1. The van der Waals surface area contributed by atoms with Gasteiger partial charge < -0.3 is 10.6 Å². The van der Waals surface area contributed by atoms with Gasteiger partial charge >= 0.3 is 0 Å². The molecule has 0 aromatic carbocycles. The monoisotopic (exact) mass is 264 g/mol. The number of amides is 1. The van der Waals surface area contributed by atoms with Crippen LogP contribution < -0.4 is 10.6 Å². The predicted molar refractivity (Wildman–Crippen MR) is 75.2 cm³/mol. The van der Waals surface area contributed by atoms with E-state index in [1.54, 1.807) is 4.68 Å². The lowest BCUT2D eigenvalue weighted by atomic mass is 9.91. The summed E-state index contributed by atoms with van der Waals surface area (Å²) in [5.74, 6) is 0.580. The first-order valence-electron chi connectivity index (χ1n) is 7.02. The average molecular weight is 264 g/mol. The smallest absolute Gasteiger partial charge is 0.255 e. The van der Waals surface area contributed by atoms with Crippen LogP contribution in [0.5, 0.6) is 0 Å². The lowest BCUT2D eigenvalue weighted by Crippen LogP contribution is -2.42. The molecule has 0 radical (unpaired) electrons. The molecule has 2 N–H and O–H groups in total. The summed E-state index contributed by atoms with van der Waals surface area (Å²) in [6, 6.07) is 0.216. The Labute approximate surface area is 114 Å². The molecule has 1 saturated heterocycles. The van der Waals surface area contributed by atoms with E-state index in [0.29, 0.717) is 5.92 Å². The molecule has 1 atom stereocenters. The van der Waals surface area contributed by atoms with E-state index < -0.39 is 0 Å². The van der Waals surface area contributed by atoms with Gasteiger partial charge in [0.25, 0.3) is 5.91 Å². The number of nitrogens with one attached hydrogen (secondary N) is 2. The fourth-order valence-corrected chi connectivity index (χ4v) is 2.84. The summed E-state index contributed by atoms with van der Waals surface area (Å²) in [5, 5.41) is 10.8. The Morgan fingerprint density at radius 1 is 1.42 bits per heavy atom. The summed E-state index contributed by atoms with van der Waals surface area (Å²) >= 11 is 0. The standard InChI is InChI=1S/C14H24N4O/c1-9(12-5-7-15-8-6-12)16-14(19)13-10(2)17-18(4)11(13)3/h9,12,15H,5-8H2,1-4H3,(H,16,19). The molecular formula is C14H24N4O. The highest BCUT2D eigenvalue weighted by Gasteiger charge is 2.24. The van der Waals surface area contributed by atoms with Crippen LogP contribution in [0.15, 0.2) is 0 Å². The van der Waals surface area contributed by atoms with E-state index in [-0.39, 0.29) is 11.9 Å². The van der Waals surface area contributed by atoms with Gasteiger partial charge in [0.1, 0.15) is 0 Å². The number of hydrogen-bond acceptors (Lipinski definition) is 3. The first-order valence-corrected chi connectivity index (χ1v) is 7.02. The van der Waals surface area contributed by atoms with Crippen LogP contribution in [0, 0.1) is 19.8 Å². The maximum atomic E-state index is 12.4. The molecule has 1 amide bonds. The Morgan fingerprint density at radius 3 is 2.58 bits per heavy atom. The van der Waals surface area contributed by atoms with Crippen molar-refractivity contribution in [1.82, 2.24) is 20.4 Å². The SMILES string of the molecule is Cc1nn(C)c(C)c1C(=O)NC(C)C1CCNCC1. The van der Waals surface area contributed by atoms with Crippen molar-refractivity contribution < 1.29 is 4.79 Å². The summed E-state index contributed by atoms with van der Waals surface area (Å²) in [6.45, 7) is 8.03. The second kappa shape index (κ2) is 5.74. The summed E-state index contributed by atoms with van der Waals surface area (Å²) in [6.07, 6.45) is 2.26. The molecule has 5 heteroatoms. The second-order valence-corrected chi connectivity index (χ2v) is 5.52. The van der Waals surface area contributed by atoms with Crippen LogP contribution in [0.3, 0.4) is 0 Å². The van der Waals surface area contributed by atoms with E-state index >= 15 is 0 Å². The van der Waals surface area contributed by atoms with Gasteiger partial charge in [0.05, 0.1) is 11.3 Å². The number of aromatic nitrogens is 2. The molecule has 5 nitrogen and oxygen atoms in total. The molecule has 2 rings (SSSR count). The number of carbonyl (C=O) groups is 1. The molecule has 0 aliphatic carbocycles. The molecule has 0 spiro atoms. The van der Waals surface area contributed by atoms with Gasteiger partial charge in [0.2, 0.25) is 0 Å². The van der Waals surface area contributed by atoms with Crippen LogP contribution >= 0.6 is 0 Å². The van der Waals surface area contributed by atoms with Crippen LogP contribution in [0.4, 0.5) is 0 Å². The van der Waals surface area contributed by atoms with Gasteiger partial charge in [-0.15, -0.1) is 0 Å². The largest absolute Gasteiger partial charge is 0.349 e. The number of piperidine rings is 1. The van der Waals surface area contributed by atoms with Gasteiger partial charge in [-0.25, -0.2) is 0 Å². The van der Waals surface area contributed by atoms with E-state index in [4.69, 9.17) is 0 Å². The van der Waals surface area contributed by atoms with Crippen molar-refractivity contribution in [3.05, 3.63) is 17.0 Å². The third kappa shape index (κ3) is 2.97. The quantitative estimate of drug-likeness (QED) is 0.861. The van der Waals surface area contributed by atoms with Gasteiger partial charge in [-0.3, -0.25) is 9.48 Å². The van der Waals surface area contributed by atoms with Gasteiger partial charge in [0.15, 0.2) is 0 Å². The Bertz CT molecular complexity index is 460. The van der Waals surface area contributed by atoms with E-state index in [1.165, 1.54) is 0 Å². The van der Waals surface area contributed by atoms with E-state index in [2.05, 4.69) is 22.7 Å². The average Bonchev–Trinajstić information content (AvgIpc) is 2.64. The first-order chi connectivity index (χ1) is 9.00. The van der Waals surface area contributed by atoms with Crippen LogP contribution in [-0.2, 0) is 7.05 Å². The summed E-state index contributed by atoms with van der Waals surface area (Å²) in [7, 11) is 1.87. The maximum absolute atomic E-state index is 12.4. The van der Waals surface area contributed by atoms with Crippen LogP contribution in [0.1, 0.15) is 41.5 Å². The van der Waals surface area contributed by atoms with Crippen molar-refractivity contribution >= 4 is 5.91 Å². The van der Waals surface area contributed by atoms with Crippen LogP contribution in [0.25, 0.3) is 0 Å². The number of hydrogen-bond donors (Lipinski definition) is 2. The third-order valence-electron chi connectivity index (χ3n) is 4.19. The molecule has 1 aromatic heterocycles. The Balaban J connectivity index is 2.04. The molecule has 106 valence electrons. The van der Waals surface area contributed by atoms with Crippen molar-refractivity contribution in [2.45, 2.75) is 39.7 Å². The topological polar surface area (TPSA) is 59.0 Å². The minimum atomic E-state index is 0.00846. The van der Waals surface area contributed by atoms with Gasteiger partial charge in [-0.2, -0.15) is 5.10 Å². The van der Waals surface area contributed by atoms with Crippen molar-refractivity contribution in [3.63, 3.8) is 0 Å². The predicted octanol–water partition coefficient (Wildman–Crippen LogP) is 1.15. The highest BCUT2D eigenvalue weighted by Crippen LogP contribution is 2.18. The highest BCUT2D eigenvalue weighted by atomic mass is 16.1. The van der Waals surface area contributed by atoms with Gasteiger partial charge in [0, 0.05) is 18.8 Å². The summed E-state index contributed by atoms with van der Waals surface area (Å²) in [4.78, 5) is 12.4. The molecule has 1 unspecified atom stereocenters. The van der Waals surface area contributed by atoms with Crippen molar-refractivity contribution in [2.24, 2.45) is 13.0 Å². The number of rotatable bonds is 3. The molecule has 2 heterocycles. The van der Waals surface area contributed by atoms with Crippen molar-refractivity contribution in [1.29, 1.82) is 0 Å². The Hall–Kier alpha value is -1.36. The molecule has 1 aliphatic rings. The normalized spacial score (nSPS) is 18.3. The number of aryl methyl sites for hydroxylation is 2. The molecule has 1 fully saturated rings. The Morgan fingerprint density at radius 2 is 2.05 bits per heavy atom. The fraction of sp³-hybridized carbons (Fsp3) is 0.714.